The van der Waals surface area contributed by atoms with Crippen LogP contribution in [0, 0.1) is 12.7 Å². The zero-order valence-electron chi connectivity index (χ0n) is 8.78. The second-order valence-corrected chi connectivity index (χ2v) is 5.58. The van der Waals surface area contributed by atoms with Crippen molar-refractivity contribution >= 4 is 15.7 Å². The predicted octanol–water partition coefficient (Wildman–Crippen LogP) is 0.967. The number of hydrogen-bond donors (Lipinski definition) is 1. The average Bonchev–Trinajstić information content (AvgIpc) is 2.13. The Hall–Kier alpha value is -1.14. The van der Waals surface area contributed by atoms with Crippen molar-refractivity contribution in [1.82, 2.24) is 4.31 Å². The Balaban J connectivity index is 3.42. The van der Waals surface area contributed by atoms with Gasteiger partial charge in [-0.3, -0.25) is 0 Å². The highest BCUT2D eigenvalue weighted by atomic mass is 32.2. The van der Waals surface area contributed by atoms with Crippen LogP contribution in [-0.2, 0) is 10.0 Å². The first-order valence-corrected chi connectivity index (χ1v) is 5.69. The highest BCUT2D eigenvalue weighted by Gasteiger charge is 2.19. The van der Waals surface area contributed by atoms with Crippen LogP contribution in [0.5, 0.6) is 0 Å². The van der Waals surface area contributed by atoms with Gasteiger partial charge < -0.3 is 5.73 Å². The minimum Gasteiger partial charge on any atom is -0.396 e. The van der Waals surface area contributed by atoms with Crippen LogP contribution in [0.4, 0.5) is 10.1 Å². The number of halogens is 1. The molecule has 0 heterocycles. The highest BCUT2D eigenvalue weighted by molar-refractivity contribution is 7.89. The third-order valence-corrected chi connectivity index (χ3v) is 3.83. The quantitative estimate of drug-likeness (QED) is 0.773. The van der Waals surface area contributed by atoms with E-state index in [1.54, 1.807) is 0 Å². The van der Waals surface area contributed by atoms with Gasteiger partial charge in [0.1, 0.15) is 5.82 Å². The highest BCUT2D eigenvalue weighted by Crippen LogP contribution is 2.22. The molecule has 84 valence electrons. The van der Waals surface area contributed by atoms with Crippen LogP contribution in [0.25, 0.3) is 0 Å². The summed E-state index contributed by atoms with van der Waals surface area (Å²) in [4.78, 5) is 0.00361. The number of nitrogens with zero attached hydrogens (tertiary/aromatic N) is 1. The third kappa shape index (κ3) is 2.10. The van der Waals surface area contributed by atoms with E-state index in [4.69, 9.17) is 5.73 Å². The summed E-state index contributed by atoms with van der Waals surface area (Å²) in [5.41, 5.74) is 5.42. The summed E-state index contributed by atoms with van der Waals surface area (Å²) in [5, 5.41) is 0. The molecule has 0 atom stereocenters. The number of anilines is 1. The minimum atomic E-state index is -3.55. The lowest BCUT2D eigenvalue weighted by Gasteiger charge is -2.12. The van der Waals surface area contributed by atoms with E-state index in [1.807, 2.05) is 0 Å². The summed E-state index contributed by atoms with van der Waals surface area (Å²) < 4.78 is 37.6. The number of nitrogens with two attached hydrogens (primary N) is 1. The molecule has 4 nitrogen and oxygen atoms in total. The number of benzene rings is 1. The third-order valence-electron chi connectivity index (χ3n) is 2.03. The van der Waals surface area contributed by atoms with Gasteiger partial charge in [-0.1, -0.05) is 0 Å². The Kier molecular flexibility index (Phi) is 3.01. The summed E-state index contributed by atoms with van der Waals surface area (Å²) in [5.74, 6) is -0.576. The molecule has 6 heteroatoms. The standard InChI is InChI=1S/C9H13FN2O2S/c1-6-4-7(5-8(11)9(6)10)15(13,14)12(2)3/h4-5H,11H2,1-3H3. The smallest absolute Gasteiger partial charge is 0.242 e. The van der Waals surface area contributed by atoms with E-state index >= 15 is 0 Å². The Labute approximate surface area is 88.6 Å². The van der Waals surface area contributed by atoms with E-state index < -0.39 is 15.8 Å². The van der Waals surface area contributed by atoms with Gasteiger partial charge in [-0.2, -0.15) is 0 Å². The van der Waals surface area contributed by atoms with Gasteiger partial charge in [-0.25, -0.2) is 17.1 Å². The second-order valence-electron chi connectivity index (χ2n) is 3.43. The van der Waals surface area contributed by atoms with E-state index in [0.717, 1.165) is 10.4 Å². The van der Waals surface area contributed by atoms with Gasteiger partial charge in [0.05, 0.1) is 10.6 Å². The van der Waals surface area contributed by atoms with Gasteiger partial charge in [0.15, 0.2) is 0 Å². The number of nitrogen functional groups attached to an aromatic ring is 1. The normalized spacial score (nSPS) is 12.1. The van der Waals surface area contributed by atoms with Crippen LogP contribution < -0.4 is 5.73 Å². The minimum absolute atomic E-state index is 0.00361. The Bertz CT molecular complexity index is 460. The van der Waals surface area contributed by atoms with Crippen LogP contribution in [0.2, 0.25) is 0 Å². The summed E-state index contributed by atoms with van der Waals surface area (Å²) in [6.07, 6.45) is 0. The maximum absolute atomic E-state index is 13.2. The van der Waals surface area contributed by atoms with E-state index in [1.165, 1.54) is 27.1 Å². The van der Waals surface area contributed by atoms with E-state index in [0.29, 0.717) is 0 Å². The fourth-order valence-corrected chi connectivity index (χ4v) is 2.15. The zero-order chi connectivity index (χ0) is 11.8. The first-order valence-electron chi connectivity index (χ1n) is 4.25. The topological polar surface area (TPSA) is 63.4 Å². The molecule has 0 aliphatic carbocycles. The van der Waals surface area contributed by atoms with Crippen molar-refractivity contribution in [3.05, 3.63) is 23.5 Å². The van der Waals surface area contributed by atoms with Crippen molar-refractivity contribution in [1.29, 1.82) is 0 Å². The van der Waals surface area contributed by atoms with Gasteiger partial charge >= 0.3 is 0 Å². The SMILES string of the molecule is Cc1cc(S(=O)(=O)N(C)C)cc(N)c1F. The van der Waals surface area contributed by atoms with Crippen molar-refractivity contribution in [3.63, 3.8) is 0 Å². The number of sulfonamides is 1. The van der Waals surface area contributed by atoms with Crippen LogP contribution in [0.3, 0.4) is 0 Å². The molecule has 1 aromatic rings. The molecule has 0 amide bonds. The van der Waals surface area contributed by atoms with Crippen molar-refractivity contribution in [2.24, 2.45) is 0 Å². The van der Waals surface area contributed by atoms with E-state index in [9.17, 15) is 12.8 Å². The van der Waals surface area contributed by atoms with Crippen LogP contribution in [0.15, 0.2) is 17.0 Å². The van der Waals surface area contributed by atoms with Crippen molar-refractivity contribution in [3.8, 4) is 0 Å². The Morgan fingerprint density at radius 1 is 1.33 bits per heavy atom. The maximum atomic E-state index is 13.2. The molecule has 1 rings (SSSR count). The fourth-order valence-electron chi connectivity index (χ4n) is 1.12. The molecule has 0 radical (unpaired) electrons. The summed E-state index contributed by atoms with van der Waals surface area (Å²) >= 11 is 0. The van der Waals surface area contributed by atoms with Crippen LogP contribution in [0.1, 0.15) is 5.56 Å². The van der Waals surface area contributed by atoms with Crippen molar-refractivity contribution in [2.45, 2.75) is 11.8 Å². The molecule has 0 aromatic heterocycles. The van der Waals surface area contributed by atoms with Crippen molar-refractivity contribution < 1.29 is 12.8 Å². The van der Waals surface area contributed by atoms with Gasteiger partial charge in [0.2, 0.25) is 10.0 Å². The number of rotatable bonds is 2. The average molecular weight is 232 g/mol. The zero-order valence-corrected chi connectivity index (χ0v) is 9.60. The maximum Gasteiger partial charge on any atom is 0.242 e. The molecule has 0 unspecified atom stereocenters. The monoisotopic (exact) mass is 232 g/mol. The van der Waals surface area contributed by atoms with E-state index in [-0.39, 0.29) is 16.1 Å². The first kappa shape index (κ1) is 11.9. The molecular weight excluding hydrogens is 219 g/mol. The Morgan fingerprint density at radius 3 is 2.27 bits per heavy atom. The first-order chi connectivity index (χ1) is 6.76. The molecule has 0 aliphatic heterocycles. The van der Waals surface area contributed by atoms with Gasteiger partial charge in [-0.15, -0.1) is 0 Å². The molecule has 15 heavy (non-hydrogen) atoms. The molecule has 0 bridgehead atoms. The molecule has 0 aliphatic rings. The molecule has 0 spiro atoms. The van der Waals surface area contributed by atoms with Gasteiger partial charge in [0, 0.05) is 14.1 Å². The van der Waals surface area contributed by atoms with Gasteiger partial charge in [-0.05, 0) is 24.6 Å². The lowest BCUT2D eigenvalue weighted by Crippen LogP contribution is -2.22. The van der Waals surface area contributed by atoms with Crippen LogP contribution in [-0.4, -0.2) is 26.8 Å². The summed E-state index contributed by atoms with van der Waals surface area (Å²) in [6, 6.07) is 2.39. The lowest BCUT2D eigenvalue weighted by atomic mass is 10.2. The van der Waals surface area contributed by atoms with Crippen molar-refractivity contribution in [2.75, 3.05) is 19.8 Å². The molecule has 1 aromatic carbocycles. The fraction of sp³-hybridized carbons (Fsp3) is 0.333. The van der Waals surface area contributed by atoms with Crippen LogP contribution >= 0.6 is 0 Å². The molecule has 0 fully saturated rings. The van der Waals surface area contributed by atoms with Gasteiger partial charge in [0.25, 0.3) is 0 Å². The largest absolute Gasteiger partial charge is 0.396 e. The second kappa shape index (κ2) is 3.79. The molecule has 2 N–H and O–H groups in total. The molecule has 0 saturated heterocycles. The Morgan fingerprint density at radius 2 is 1.87 bits per heavy atom. The lowest BCUT2D eigenvalue weighted by molar-refractivity contribution is 0.520. The van der Waals surface area contributed by atoms with E-state index in [2.05, 4.69) is 0 Å². The number of hydrogen-bond acceptors (Lipinski definition) is 3. The molecular formula is C9H13FN2O2S. The summed E-state index contributed by atoms with van der Waals surface area (Å²) in [7, 11) is -0.738. The predicted molar refractivity (Wildman–Crippen MR) is 56.4 cm³/mol. The number of aryl methyl sites for hydroxylation is 1. The summed E-state index contributed by atoms with van der Waals surface area (Å²) in [6.45, 7) is 1.47. The molecule has 0 saturated carbocycles.